The normalized spacial score (nSPS) is 15.5. The predicted octanol–water partition coefficient (Wildman–Crippen LogP) is 4.45. The number of nitrogens with one attached hydrogen (secondary N) is 1. The average Bonchev–Trinajstić information content (AvgIpc) is 3.01. The lowest BCUT2D eigenvalue weighted by Crippen LogP contribution is -2.26. The van der Waals surface area contributed by atoms with Crippen LogP contribution in [0.5, 0.6) is 5.75 Å². The highest BCUT2D eigenvalue weighted by atomic mass is 16.5. The maximum Gasteiger partial charge on any atom is 0.277 e. The van der Waals surface area contributed by atoms with Crippen molar-refractivity contribution in [1.29, 1.82) is 0 Å². The van der Waals surface area contributed by atoms with Gasteiger partial charge in [-0.15, -0.1) is 0 Å². The van der Waals surface area contributed by atoms with Crippen molar-refractivity contribution in [2.24, 2.45) is 5.10 Å². The minimum Gasteiger partial charge on any atom is -0.483 e. The number of rotatable bonds is 8. The van der Waals surface area contributed by atoms with Crippen LogP contribution in [-0.2, 0) is 4.79 Å². The van der Waals surface area contributed by atoms with E-state index in [4.69, 9.17) is 4.74 Å². The van der Waals surface area contributed by atoms with Crippen molar-refractivity contribution >= 4 is 11.6 Å². The second-order valence-corrected chi connectivity index (χ2v) is 6.38. The molecule has 130 valence electrons. The van der Waals surface area contributed by atoms with Crippen molar-refractivity contribution in [3.05, 3.63) is 41.0 Å². The average molecular weight is 328 g/mol. The fraction of sp³-hybridized carbons (Fsp3) is 0.500. The Labute approximate surface area is 145 Å². The van der Waals surface area contributed by atoms with Gasteiger partial charge in [0.1, 0.15) is 5.75 Å². The molecule has 0 aromatic heterocycles. The first-order valence-corrected chi connectivity index (χ1v) is 8.85. The van der Waals surface area contributed by atoms with Gasteiger partial charge in [-0.2, -0.15) is 5.10 Å². The Morgan fingerprint density at radius 2 is 2.12 bits per heavy atom. The van der Waals surface area contributed by atoms with Gasteiger partial charge in [0, 0.05) is 0 Å². The van der Waals surface area contributed by atoms with Gasteiger partial charge in [0.25, 0.3) is 5.91 Å². The molecule has 4 nitrogen and oxygen atoms in total. The smallest absolute Gasteiger partial charge is 0.277 e. The largest absolute Gasteiger partial charge is 0.483 e. The summed E-state index contributed by atoms with van der Waals surface area (Å²) in [4.78, 5) is 12.0. The fourth-order valence-corrected chi connectivity index (χ4v) is 2.77. The molecule has 0 unspecified atom stereocenters. The van der Waals surface area contributed by atoms with E-state index < -0.39 is 0 Å². The Bertz CT molecular complexity index is 633. The minimum atomic E-state index is -0.219. The van der Waals surface area contributed by atoms with E-state index in [2.05, 4.69) is 23.5 Å². The topological polar surface area (TPSA) is 50.7 Å². The Kier molecular flexibility index (Phi) is 7.04. The summed E-state index contributed by atoms with van der Waals surface area (Å²) < 4.78 is 5.60. The van der Waals surface area contributed by atoms with Crippen LogP contribution < -0.4 is 10.2 Å². The van der Waals surface area contributed by atoms with Crippen LogP contribution in [0.15, 0.2) is 34.9 Å². The molecule has 0 radical (unpaired) electrons. The van der Waals surface area contributed by atoms with E-state index in [1.54, 1.807) is 0 Å². The molecule has 0 aliphatic heterocycles. The molecule has 0 heterocycles. The standard InChI is InChI=1S/C20H28N2O2/c1-4-5-6-8-17-9-7-10-18(17)21-22-20(23)14-24-19-13-15(2)11-12-16(19)3/h9,11-13H,4-8,10,14H2,1-3H3,(H,22,23). The number of hydrazone groups is 1. The van der Waals surface area contributed by atoms with Crippen LogP contribution in [0.4, 0.5) is 0 Å². The molecule has 1 aromatic carbocycles. The quantitative estimate of drug-likeness (QED) is 0.566. The summed E-state index contributed by atoms with van der Waals surface area (Å²) in [6.07, 6.45) is 8.88. The summed E-state index contributed by atoms with van der Waals surface area (Å²) in [5, 5.41) is 4.30. The first-order valence-electron chi connectivity index (χ1n) is 8.85. The van der Waals surface area contributed by atoms with E-state index in [-0.39, 0.29) is 12.5 Å². The van der Waals surface area contributed by atoms with Crippen LogP contribution in [0, 0.1) is 13.8 Å². The molecular formula is C20H28N2O2. The molecule has 1 aliphatic rings. The molecule has 4 heteroatoms. The van der Waals surface area contributed by atoms with Gasteiger partial charge < -0.3 is 4.74 Å². The highest BCUT2D eigenvalue weighted by molar-refractivity contribution is 6.02. The van der Waals surface area contributed by atoms with Crippen LogP contribution in [-0.4, -0.2) is 18.2 Å². The number of hydrogen-bond donors (Lipinski definition) is 1. The number of ether oxygens (including phenoxy) is 1. The molecule has 0 saturated carbocycles. The van der Waals surface area contributed by atoms with Gasteiger partial charge in [0.15, 0.2) is 6.61 Å². The van der Waals surface area contributed by atoms with Gasteiger partial charge in [-0.25, -0.2) is 5.43 Å². The molecule has 0 spiro atoms. The molecule has 0 saturated heterocycles. The van der Waals surface area contributed by atoms with Gasteiger partial charge >= 0.3 is 0 Å². The van der Waals surface area contributed by atoms with Crippen molar-refractivity contribution < 1.29 is 9.53 Å². The summed E-state index contributed by atoms with van der Waals surface area (Å²) in [6, 6.07) is 5.97. The number of aryl methyl sites for hydroxylation is 2. The number of allylic oxidation sites excluding steroid dienone is 2. The SMILES string of the molecule is CCCCCC1=CCCC1=NNC(=O)COc1cc(C)ccc1C. The first kappa shape index (κ1) is 18.2. The summed E-state index contributed by atoms with van der Waals surface area (Å²) in [5.41, 5.74) is 7.08. The van der Waals surface area contributed by atoms with Gasteiger partial charge in [0.05, 0.1) is 5.71 Å². The number of carbonyl (C=O) groups excluding carboxylic acids is 1. The lowest BCUT2D eigenvalue weighted by Gasteiger charge is -2.09. The van der Waals surface area contributed by atoms with Crippen LogP contribution in [0.25, 0.3) is 0 Å². The van der Waals surface area contributed by atoms with Crippen LogP contribution in [0.2, 0.25) is 0 Å². The third-order valence-electron chi connectivity index (χ3n) is 4.21. The zero-order valence-corrected chi connectivity index (χ0v) is 15.0. The van der Waals surface area contributed by atoms with Crippen molar-refractivity contribution in [1.82, 2.24) is 5.43 Å². The molecule has 24 heavy (non-hydrogen) atoms. The number of amides is 1. The number of carbonyl (C=O) groups is 1. The number of hydrogen-bond acceptors (Lipinski definition) is 3. The van der Waals surface area contributed by atoms with Gasteiger partial charge in [-0.3, -0.25) is 4.79 Å². The number of nitrogens with zero attached hydrogens (tertiary/aromatic N) is 1. The van der Waals surface area contributed by atoms with Crippen LogP contribution in [0.3, 0.4) is 0 Å². The Hall–Kier alpha value is -2.10. The van der Waals surface area contributed by atoms with E-state index in [9.17, 15) is 4.79 Å². The molecule has 0 bridgehead atoms. The molecule has 1 amide bonds. The maximum atomic E-state index is 12.0. The Morgan fingerprint density at radius 3 is 2.92 bits per heavy atom. The molecule has 1 aliphatic carbocycles. The van der Waals surface area contributed by atoms with E-state index in [0.717, 1.165) is 41.9 Å². The van der Waals surface area contributed by atoms with Crippen molar-refractivity contribution in [3.8, 4) is 5.75 Å². The van der Waals surface area contributed by atoms with Gasteiger partial charge in [-0.1, -0.05) is 38.0 Å². The monoisotopic (exact) mass is 328 g/mol. The lowest BCUT2D eigenvalue weighted by atomic mass is 10.1. The summed E-state index contributed by atoms with van der Waals surface area (Å²) in [6.45, 7) is 6.16. The minimum absolute atomic E-state index is 0.0179. The number of unbranched alkanes of at least 4 members (excludes halogenated alkanes) is 2. The molecule has 2 rings (SSSR count). The van der Waals surface area contributed by atoms with Crippen molar-refractivity contribution in [3.63, 3.8) is 0 Å². The predicted molar refractivity (Wildman–Crippen MR) is 98.4 cm³/mol. The third-order valence-corrected chi connectivity index (χ3v) is 4.21. The van der Waals surface area contributed by atoms with Crippen molar-refractivity contribution in [2.45, 2.75) is 59.3 Å². The van der Waals surface area contributed by atoms with Gasteiger partial charge in [-0.05, 0) is 62.3 Å². The van der Waals surface area contributed by atoms with E-state index in [1.807, 2.05) is 32.0 Å². The lowest BCUT2D eigenvalue weighted by molar-refractivity contribution is -0.123. The van der Waals surface area contributed by atoms with Crippen LogP contribution >= 0.6 is 0 Å². The van der Waals surface area contributed by atoms with Crippen LogP contribution in [0.1, 0.15) is 56.6 Å². The summed E-state index contributed by atoms with van der Waals surface area (Å²) in [7, 11) is 0. The molecule has 0 fully saturated rings. The zero-order chi connectivity index (χ0) is 17.4. The highest BCUT2D eigenvalue weighted by Gasteiger charge is 2.13. The molecule has 0 atom stereocenters. The highest BCUT2D eigenvalue weighted by Crippen LogP contribution is 2.21. The summed E-state index contributed by atoms with van der Waals surface area (Å²) in [5.74, 6) is 0.530. The summed E-state index contributed by atoms with van der Waals surface area (Å²) >= 11 is 0. The second-order valence-electron chi connectivity index (χ2n) is 6.38. The molecule has 1 aromatic rings. The Morgan fingerprint density at radius 1 is 1.29 bits per heavy atom. The first-order chi connectivity index (χ1) is 11.6. The van der Waals surface area contributed by atoms with E-state index in [1.165, 1.54) is 24.8 Å². The Balaban J connectivity index is 1.82. The fourth-order valence-electron chi connectivity index (χ4n) is 2.77. The van der Waals surface area contributed by atoms with E-state index >= 15 is 0 Å². The molecule has 1 N–H and O–H groups in total. The van der Waals surface area contributed by atoms with Gasteiger partial charge in [0.2, 0.25) is 0 Å². The maximum absolute atomic E-state index is 12.0. The molecular weight excluding hydrogens is 300 g/mol. The van der Waals surface area contributed by atoms with E-state index in [0.29, 0.717) is 0 Å². The second kappa shape index (κ2) is 9.26. The third kappa shape index (κ3) is 5.52. The van der Waals surface area contributed by atoms with Crippen molar-refractivity contribution in [2.75, 3.05) is 6.61 Å². The number of benzene rings is 1. The zero-order valence-electron chi connectivity index (χ0n) is 15.0.